The number of hydrogen-bond donors (Lipinski definition) is 3. The summed E-state index contributed by atoms with van der Waals surface area (Å²) in [4.78, 5) is 12.1. The van der Waals surface area contributed by atoms with Gasteiger partial charge in [-0.1, -0.05) is 30.3 Å². The lowest BCUT2D eigenvalue weighted by atomic mass is 9.94. The van der Waals surface area contributed by atoms with E-state index in [4.69, 9.17) is 5.11 Å². The molecule has 1 aliphatic rings. The summed E-state index contributed by atoms with van der Waals surface area (Å²) in [6.45, 7) is 2.20. The van der Waals surface area contributed by atoms with E-state index in [0.717, 1.165) is 6.54 Å². The summed E-state index contributed by atoms with van der Waals surface area (Å²) in [7, 11) is 0. The number of nitrogens with zero attached hydrogens (tertiary/aromatic N) is 1. The Bertz CT molecular complexity index is 410. The maximum Gasteiger partial charge on any atom is 0.407 e. The Morgan fingerprint density at radius 3 is 2.74 bits per heavy atom. The highest BCUT2D eigenvalue weighted by molar-refractivity contribution is 5.65. The second-order valence-electron chi connectivity index (χ2n) is 4.96. The molecule has 0 aromatic heterocycles. The summed E-state index contributed by atoms with van der Waals surface area (Å²) in [5.41, 5.74) is 1.21. The summed E-state index contributed by atoms with van der Waals surface area (Å²) < 4.78 is 0. The Balaban J connectivity index is 1.74. The van der Waals surface area contributed by atoms with E-state index in [0.29, 0.717) is 19.5 Å². The van der Waals surface area contributed by atoms with Crippen LogP contribution in [0.25, 0.3) is 0 Å². The van der Waals surface area contributed by atoms with Gasteiger partial charge in [0.1, 0.15) is 0 Å². The molecule has 1 aliphatic heterocycles. The van der Waals surface area contributed by atoms with Gasteiger partial charge in [-0.15, -0.1) is 0 Å². The zero-order valence-corrected chi connectivity index (χ0v) is 10.8. The van der Waals surface area contributed by atoms with E-state index in [2.05, 4.69) is 17.4 Å². The largest absolute Gasteiger partial charge is 0.465 e. The average Bonchev–Trinajstić information content (AvgIpc) is 2.41. The Morgan fingerprint density at radius 2 is 2.11 bits per heavy atom. The first-order valence-electron chi connectivity index (χ1n) is 6.57. The molecule has 2 atom stereocenters. The van der Waals surface area contributed by atoms with Crippen LogP contribution in [0.4, 0.5) is 4.79 Å². The normalized spacial score (nSPS) is 23.3. The number of likely N-dealkylation sites (tertiary alicyclic amines) is 1. The third-order valence-corrected chi connectivity index (χ3v) is 3.57. The van der Waals surface area contributed by atoms with E-state index in [1.807, 2.05) is 18.2 Å². The molecule has 2 rings (SSSR count). The van der Waals surface area contributed by atoms with Crippen LogP contribution >= 0.6 is 0 Å². The first kappa shape index (κ1) is 13.8. The lowest BCUT2D eigenvalue weighted by Crippen LogP contribution is -2.48. The Hall–Kier alpha value is -1.59. The molecule has 5 nitrogen and oxygen atoms in total. The molecular formula is C14H20N2O3. The number of amides is 1. The van der Waals surface area contributed by atoms with Crippen LogP contribution in [0.2, 0.25) is 0 Å². The molecule has 0 spiro atoms. The van der Waals surface area contributed by atoms with E-state index < -0.39 is 12.2 Å². The molecule has 0 bridgehead atoms. The fourth-order valence-corrected chi connectivity index (χ4v) is 2.39. The summed E-state index contributed by atoms with van der Waals surface area (Å²) in [6, 6.07) is 10.1. The molecule has 104 valence electrons. The molecule has 1 saturated heterocycles. The minimum absolute atomic E-state index is 0.124. The van der Waals surface area contributed by atoms with E-state index in [1.165, 1.54) is 10.5 Å². The van der Waals surface area contributed by atoms with Crippen molar-refractivity contribution in [3.05, 3.63) is 35.9 Å². The average molecular weight is 264 g/mol. The molecule has 0 aliphatic carbocycles. The number of β-amino-alcohol motifs (C(OH)–C–C–N with tert-alkyl or cyclic N) is 1. The van der Waals surface area contributed by atoms with Gasteiger partial charge in [0.25, 0.3) is 0 Å². The van der Waals surface area contributed by atoms with E-state index in [9.17, 15) is 9.90 Å². The standard InChI is InChI=1S/C14H20N2O3/c17-13-10-16(14(18)19)7-6-12(13)9-15-8-11-4-2-1-3-5-11/h1-5,12-13,15,17H,6-10H2,(H,18,19). The van der Waals surface area contributed by atoms with Crippen molar-refractivity contribution in [2.75, 3.05) is 19.6 Å². The lowest BCUT2D eigenvalue weighted by molar-refractivity contribution is 0.0249. The zero-order chi connectivity index (χ0) is 13.7. The molecule has 0 radical (unpaired) electrons. The molecule has 2 unspecified atom stereocenters. The van der Waals surface area contributed by atoms with Crippen LogP contribution in [0.3, 0.4) is 0 Å². The van der Waals surface area contributed by atoms with Crippen molar-refractivity contribution in [1.29, 1.82) is 0 Å². The molecule has 5 heteroatoms. The summed E-state index contributed by atoms with van der Waals surface area (Å²) >= 11 is 0. The predicted molar refractivity (Wildman–Crippen MR) is 71.9 cm³/mol. The number of benzene rings is 1. The number of carboxylic acid groups (broad SMARTS) is 1. The van der Waals surface area contributed by atoms with Gasteiger partial charge in [0.15, 0.2) is 0 Å². The molecule has 1 aromatic carbocycles. The first-order chi connectivity index (χ1) is 9.16. The number of rotatable bonds is 4. The van der Waals surface area contributed by atoms with Gasteiger partial charge in [-0.3, -0.25) is 0 Å². The van der Waals surface area contributed by atoms with Crippen molar-refractivity contribution in [3.63, 3.8) is 0 Å². The van der Waals surface area contributed by atoms with Gasteiger partial charge in [0.2, 0.25) is 0 Å². The fraction of sp³-hybridized carbons (Fsp3) is 0.500. The molecule has 19 heavy (non-hydrogen) atoms. The Kier molecular flexibility index (Phi) is 4.76. The van der Waals surface area contributed by atoms with Crippen molar-refractivity contribution in [2.24, 2.45) is 5.92 Å². The van der Waals surface area contributed by atoms with Gasteiger partial charge < -0.3 is 20.4 Å². The number of piperidine rings is 1. The van der Waals surface area contributed by atoms with Crippen LogP contribution in [0.1, 0.15) is 12.0 Å². The number of hydrogen-bond acceptors (Lipinski definition) is 3. The maximum absolute atomic E-state index is 10.8. The van der Waals surface area contributed by atoms with Crippen molar-refractivity contribution in [2.45, 2.75) is 19.1 Å². The van der Waals surface area contributed by atoms with Crippen molar-refractivity contribution >= 4 is 6.09 Å². The number of carbonyl (C=O) groups is 1. The second-order valence-corrected chi connectivity index (χ2v) is 4.96. The van der Waals surface area contributed by atoms with Gasteiger partial charge >= 0.3 is 6.09 Å². The minimum Gasteiger partial charge on any atom is -0.465 e. The fourth-order valence-electron chi connectivity index (χ4n) is 2.39. The van der Waals surface area contributed by atoms with Gasteiger partial charge in [0.05, 0.1) is 12.6 Å². The third-order valence-electron chi connectivity index (χ3n) is 3.57. The van der Waals surface area contributed by atoms with Gasteiger partial charge in [-0.25, -0.2) is 4.79 Å². The first-order valence-corrected chi connectivity index (χ1v) is 6.57. The molecule has 1 heterocycles. The smallest absolute Gasteiger partial charge is 0.407 e. The van der Waals surface area contributed by atoms with Crippen LogP contribution < -0.4 is 5.32 Å². The lowest BCUT2D eigenvalue weighted by Gasteiger charge is -2.34. The van der Waals surface area contributed by atoms with Gasteiger partial charge in [-0.2, -0.15) is 0 Å². The quantitative estimate of drug-likeness (QED) is 0.762. The Morgan fingerprint density at radius 1 is 1.37 bits per heavy atom. The number of nitrogens with one attached hydrogen (secondary N) is 1. The van der Waals surface area contributed by atoms with E-state index in [1.54, 1.807) is 0 Å². The molecule has 1 aromatic rings. The van der Waals surface area contributed by atoms with Crippen molar-refractivity contribution < 1.29 is 15.0 Å². The van der Waals surface area contributed by atoms with Crippen LogP contribution in [-0.2, 0) is 6.54 Å². The highest BCUT2D eigenvalue weighted by Gasteiger charge is 2.29. The number of aliphatic hydroxyl groups is 1. The monoisotopic (exact) mass is 264 g/mol. The van der Waals surface area contributed by atoms with Crippen molar-refractivity contribution in [3.8, 4) is 0 Å². The highest BCUT2D eigenvalue weighted by Crippen LogP contribution is 2.17. The molecule has 3 N–H and O–H groups in total. The van der Waals surface area contributed by atoms with E-state index in [-0.39, 0.29) is 12.5 Å². The van der Waals surface area contributed by atoms with Crippen LogP contribution in [-0.4, -0.2) is 46.9 Å². The van der Waals surface area contributed by atoms with Gasteiger partial charge in [-0.05, 0) is 12.0 Å². The molecule has 1 amide bonds. The van der Waals surface area contributed by atoms with Crippen molar-refractivity contribution in [1.82, 2.24) is 10.2 Å². The van der Waals surface area contributed by atoms with Crippen LogP contribution in [0.15, 0.2) is 30.3 Å². The second kappa shape index (κ2) is 6.54. The molecular weight excluding hydrogens is 244 g/mol. The molecule has 1 fully saturated rings. The Labute approximate surface area is 112 Å². The third kappa shape index (κ3) is 3.94. The minimum atomic E-state index is -0.949. The number of aliphatic hydroxyl groups excluding tert-OH is 1. The molecule has 0 saturated carbocycles. The van der Waals surface area contributed by atoms with E-state index >= 15 is 0 Å². The highest BCUT2D eigenvalue weighted by atomic mass is 16.4. The summed E-state index contributed by atoms with van der Waals surface area (Å²) in [6.07, 6.45) is -0.821. The maximum atomic E-state index is 10.8. The van der Waals surface area contributed by atoms with Crippen LogP contribution in [0, 0.1) is 5.92 Å². The summed E-state index contributed by atoms with van der Waals surface area (Å²) in [5, 5.41) is 22.1. The SMILES string of the molecule is O=C(O)N1CCC(CNCc2ccccc2)C(O)C1. The zero-order valence-electron chi connectivity index (χ0n) is 10.8. The van der Waals surface area contributed by atoms with Crippen LogP contribution in [0.5, 0.6) is 0 Å². The van der Waals surface area contributed by atoms with Gasteiger partial charge in [0, 0.05) is 25.6 Å². The summed E-state index contributed by atoms with van der Waals surface area (Å²) in [5.74, 6) is 0.124. The topological polar surface area (TPSA) is 72.8 Å². The predicted octanol–water partition coefficient (Wildman–Crippen LogP) is 1.14.